The van der Waals surface area contributed by atoms with E-state index in [9.17, 15) is 9.59 Å². The molecule has 2 N–H and O–H groups in total. The van der Waals surface area contributed by atoms with Crippen molar-refractivity contribution in [3.05, 3.63) is 64.3 Å². The third kappa shape index (κ3) is 3.97. The molecule has 0 aliphatic carbocycles. The Kier molecular flexibility index (Phi) is 5.31. The Labute approximate surface area is 154 Å². The van der Waals surface area contributed by atoms with Crippen molar-refractivity contribution in [1.29, 1.82) is 0 Å². The number of carbonyl (C=O) groups excluding carboxylic acids is 2. The Balaban J connectivity index is 1.60. The maximum absolute atomic E-state index is 12.3. The zero-order chi connectivity index (χ0) is 17.8. The van der Waals surface area contributed by atoms with Crippen molar-refractivity contribution in [2.24, 2.45) is 0 Å². The fraction of sp³-hybridized carbons (Fsp3) is 0.167. The van der Waals surface area contributed by atoms with Crippen LogP contribution in [0.25, 0.3) is 10.1 Å². The number of pyridine rings is 1. The molecule has 0 aliphatic heterocycles. The molecule has 25 heavy (non-hydrogen) atoms. The van der Waals surface area contributed by atoms with Gasteiger partial charge in [-0.05, 0) is 25.1 Å². The van der Waals surface area contributed by atoms with Gasteiger partial charge in [0, 0.05) is 16.3 Å². The first-order valence-corrected chi connectivity index (χ1v) is 8.91. The van der Waals surface area contributed by atoms with E-state index in [2.05, 4.69) is 15.6 Å². The summed E-state index contributed by atoms with van der Waals surface area (Å²) >= 11 is 7.58. The zero-order valence-electron chi connectivity index (χ0n) is 13.5. The van der Waals surface area contributed by atoms with Gasteiger partial charge in [0.05, 0.1) is 23.3 Å². The Bertz CT molecular complexity index is 911. The van der Waals surface area contributed by atoms with Gasteiger partial charge in [0.25, 0.3) is 5.91 Å². The van der Waals surface area contributed by atoms with Crippen LogP contribution >= 0.6 is 22.9 Å². The summed E-state index contributed by atoms with van der Waals surface area (Å²) < 4.78 is 0.936. The van der Waals surface area contributed by atoms with Gasteiger partial charge in [0.1, 0.15) is 4.88 Å². The molecule has 1 atom stereocenters. The van der Waals surface area contributed by atoms with Crippen molar-refractivity contribution >= 4 is 44.8 Å². The van der Waals surface area contributed by atoms with Crippen LogP contribution in [0.15, 0.2) is 48.7 Å². The maximum Gasteiger partial charge on any atom is 0.263 e. The van der Waals surface area contributed by atoms with Crippen molar-refractivity contribution in [3.63, 3.8) is 0 Å². The van der Waals surface area contributed by atoms with E-state index in [4.69, 9.17) is 11.6 Å². The smallest absolute Gasteiger partial charge is 0.263 e. The summed E-state index contributed by atoms with van der Waals surface area (Å²) in [5.74, 6) is -0.643. The van der Waals surface area contributed by atoms with Gasteiger partial charge < -0.3 is 10.6 Å². The summed E-state index contributed by atoms with van der Waals surface area (Å²) in [6.07, 6.45) is 1.67. The average molecular weight is 374 g/mol. The van der Waals surface area contributed by atoms with Crippen LogP contribution in [-0.4, -0.2) is 23.3 Å². The van der Waals surface area contributed by atoms with E-state index < -0.39 is 0 Å². The molecule has 5 nitrogen and oxygen atoms in total. The molecule has 0 saturated heterocycles. The van der Waals surface area contributed by atoms with Gasteiger partial charge in [-0.15, -0.1) is 11.3 Å². The van der Waals surface area contributed by atoms with Crippen molar-refractivity contribution in [1.82, 2.24) is 15.6 Å². The van der Waals surface area contributed by atoms with Crippen LogP contribution < -0.4 is 10.6 Å². The second-order valence-electron chi connectivity index (χ2n) is 5.47. The summed E-state index contributed by atoms with van der Waals surface area (Å²) in [5, 5.41) is 6.67. The minimum absolute atomic E-state index is 0.124. The lowest BCUT2D eigenvalue weighted by Gasteiger charge is -2.13. The number of carbonyl (C=O) groups is 2. The number of benzene rings is 1. The molecular weight excluding hydrogens is 358 g/mol. The number of rotatable bonds is 5. The highest BCUT2D eigenvalue weighted by Gasteiger charge is 2.18. The Hall–Kier alpha value is -2.44. The molecule has 7 heteroatoms. The van der Waals surface area contributed by atoms with E-state index in [1.165, 1.54) is 11.3 Å². The molecule has 3 aromatic rings. The number of halogens is 1. The van der Waals surface area contributed by atoms with Crippen molar-refractivity contribution in [3.8, 4) is 0 Å². The van der Waals surface area contributed by atoms with Gasteiger partial charge in [0.2, 0.25) is 5.91 Å². The SMILES string of the molecule is CC(NC(=O)CNC(=O)c1sc2ccccc2c1Cl)c1ccccn1. The molecule has 0 spiro atoms. The van der Waals surface area contributed by atoms with Gasteiger partial charge in [-0.3, -0.25) is 14.6 Å². The maximum atomic E-state index is 12.3. The first kappa shape index (κ1) is 17.4. The number of thiophene rings is 1. The fourth-order valence-corrected chi connectivity index (χ4v) is 3.83. The number of hydrogen-bond acceptors (Lipinski definition) is 4. The number of amides is 2. The second kappa shape index (κ2) is 7.63. The minimum Gasteiger partial charge on any atom is -0.346 e. The van der Waals surface area contributed by atoms with Gasteiger partial charge in [-0.2, -0.15) is 0 Å². The molecule has 1 aromatic carbocycles. The monoisotopic (exact) mass is 373 g/mol. The highest BCUT2D eigenvalue weighted by atomic mass is 35.5. The minimum atomic E-state index is -0.355. The van der Waals surface area contributed by atoms with Crippen LogP contribution in [-0.2, 0) is 4.79 Å². The van der Waals surface area contributed by atoms with Crippen LogP contribution in [0.5, 0.6) is 0 Å². The number of aromatic nitrogens is 1. The molecule has 0 saturated carbocycles. The van der Waals surface area contributed by atoms with Gasteiger partial charge in [-0.25, -0.2) is 0 Å². The van der Waals surface area contributed by atoms with E-state index in [0.717, 1.165) is 15.8 Å². The normalized spacial score (nSPS) is 11.9. The zero-order valence-corrected chi connectivity index (χ0v) is 15.0. The molecule has 0 bridgehead atoms. The van der Waals surface area contributed by atoms with Crippen LogP contribution in [0.3, 0.4) is 0 Å². The van der Waals surface area contributed by atoms with Crippen LogP contribution in [0.4, 0.5) is 0 Å². The molecule has 128 valence electrons. The lowest BCUT2D eigenvalue weighted by Crippen LogP contribution is -2.38. The Morgan fingerprint density at radius 3 is 2.68 bits per heavy atom. The first-order valence-electron chi connectivity index (χ1n) is 7.72. The standard InChI is InChI=1S/C18H16ClN3O2S/c1-11(13-7-4-5-9-20-13)22-15(23)10-21-18(24)17-16(19)12-6-2-3-8-14(12)25-17/h2-9,11H,10H2,1H3,(H,21,24)(H,22,23). The predicted molar refractivity (Wildman–Crippen MR) is 100.0 cm³/mol. The van der Waals surface area contributed by atoms with Crippen molar-refractivity contribution < 1.29 is 9.59 Å². The number of nitrogens with one attached hydrogen (secondary N) is 2. The van der Waals surface area contributed by atoms with Crippen LogP contribution in [0.2, 0.25) is 5.02 Å². The third-order valence-electron chi connectivity index (χ3n) is 3.66. The van der Waals surface area contributed by atoms with E-state index in [0.29, 0.717) is 9.90 Å². The number of fused-ring (bicyclic) bond motifs is 1. The van der Waals surface area contributed by atoms with E-state index in [1.807, 2.05) is 49.4 Å². The van der Waals surface area contributed by atoms with Gasteiger partial charge in [0.15, 0.2) is 0 Å². The summed E-state index contributed by atoms with van der Waals surface area (Å²) in [6.45, 7) is 1.71. The molecule has 0 fully saturated rings. The van der Waals surface area contributed by atoms with Crippen molar-refractivity contribution in [2.45, 2.75) is 13.0 Å². The molecule has 2 aromatic heterocycles. The van der Waals surface area contributed by atoms with Crippen LogP contribution in [0.1, 0.15) is 28.3 Å². The summed E-state index contributed by atoms with van der Waals surface area (Å²) in [7, 11) is 0. The fourth-order valence-electron chi connectivity index (χ4n) is 2.40. The Morgan fingerprint density at radius 1 is 1.20 bits per heavy atom. The summed E-state index contributed by atoms with van der Waals surface area (Å²) in [4.78, 5) is 29.0. The number of hydrogen-bond donors (Lipinski definition) is 2. The molecule has 3 rings (SSSR count). The third-order valence-corrected chi connectivity index (χ3v) is 5.33. The lowest BCUT2D eigenvalue weighted by atomic mass is 10.2. The largest absolute Gasteiger partial charge is 0.346 e. The quantitative estimate of drug-likeness (QED) is 0.718. The molecular formula is C18H16ClN3O2S. The highest BCUT2D eigenvalue weighted by Crippen LogP contribution is 2.34. The molecule has 2 heterocycles. The van der Waals surface area contributed by atoms with Crippen molar-refractivity contribution in [2.75, 3.05) is 6.54 Å². The number of nitrogens with zero attached hydrogens (tertiary/aromatic N) is 1. The Morgan fingerprint density at radius 2 is 1.96 bits per heavy atom. The lowest BCUT2D eigenvalue weighted by molar-refractivity contribution is -0.120. The predicted octanol–water partition coefficient (Wildman–Crippen LogP) is 3.56. The van der Waals surface area contributed by atoms with E-state index >= 15 is 0 Å². The average Bonchev–Trinajstić information content (AvgIpc) is 2.97. The highest BCUT2D eigenvalue weighted by molar-refractivity contribution is 7.21. The van der Waals surface area contributed by atoms with Gasteiger partial charge in [-0.1, -0.05) is 35.9 Å². The molecule has 0 aliphatic rings. The van der Waals surface area contributed by atoms with Crippen LogP contribution in [0, 0.1) is 0 Å². The van der Waals surface area contributed by atoms with Gasteiger partial charge >= 0.3 is 0 Å². The first-order chi connectivity index (χ1) is 12.1. The topological polar surface area (TPSA) is 71.1 Å². The molecule has 2 amide bonds. The van der Waals surface area contributed by atoms with E-state index in [1.54, 1.807) is 6.20 Å². The second-order valence-corrected chi connectivity index (χ2v) is 6.90. The summed E-state index contributed by atoms with van der Waals surface area (Å²) in [5.41, 5.74) is 0.759. The van der Waals surface area contributed by atoms with E-state index in [-0.39, 0.29) is 24.4 Å². The summed E-state index contributed by atoms with van der Waals surface area (Å²) in [6, 6.07) is 12.8. The molecule has 1 unspecified atom stereocenters. The molecule has 0 radical (unpaired) electrons.